The van der Waals surface area contributed by atoms with E-state index in [0.29, 0.717) is 12.1 Å². The fraction of sp³-hybridized carbons (Fsp3) is 0.333. The van der Waals surface area contributed by atoms with Crippen LogP contribution < -0.4 is 0 Å². The highest BCUT2D eigenvalue weighted by Gasteiger charge is 2.41. The zero-order chi connectivity index (χ0) is 17.1. The van der Waals surface area contributed by atoms with Gasteiger partial charge in [0.2, 0.25) is 0 Å². The van der Waals surface area contributed by atoms with Crippen LogP contribution >= 0.6 is 11.8 Å². The third-order valence-electron chi connectivity index (χ3n) is 2.28. The van der Waals surface area contributed by atoms with E-state index in [0.717, 1.165) is 0 Å². The van der Waals surface area contributed by atoms with Gasteiger partial charge in [-0.15, -0.1) is 0 Å². The zero-order valence-corrected chi connectivity index (χ0v) is 11.6. The summed E-state index contributed by atoms with van der Waals surface area (Å²) in [6, 6.07) is 2.35. The maximum atomic E-state index is 12.9. The third-order valence-corrected chi connectivity index (χ3v) is 3.14. The molecule has 0 amide bonds. The first-order valence-electron chi connectivity index (χ1n) is 5.58. The molecular weight excluding hydrogens is 336 g/mol. The molecule has 120 valence electrons. The second-order valence-corrected chi connectivity index (χ2v) is 4.82. The van der Waals surface area contributed by atoms with Gasteiger partial charge in [-0.05, 0) is 30.8 Å². The van der Waals surface area contributed by atoms with Crippen molar-refractivity contribution in [2.75, 3.05) is 6.61 Å². The van der Waals surface area contributed by atoms with Gasteiger partial charge in [0.15, 0.2) is 0 Å². The van der Waals surface area contributed by atoms with Crippen LogP contribution in [-0.4, -0.2) is 18.1 Å². The number of alkyl halides is 6. The van der Waals surface area contributed by atoms with E-state index >= 15 is 0 Å². The Balaban J connectivity index is 3.68. The van der Waals surface area contributed by atoms with Gasteiger partial charge in [0.1, 0.15) is 6.07 Å². The average molecular weight is 343 g/mol. The number of esters is 1. The molecule has 0 unspecified atom stereocenters. The number of rotatable bonds is 3. The van der Waals surface area contributed by atoms with Crippen LogP contribution in [-0.2, 0) is 10.9 Å². The Hall–Kier alpha value is -1.89. The summed E-state index contributed by atoms with van der Waals surface area (Å²) in [7, 11) is 0. The molecule has 1 rings (SSSR count). The highest BCUT2D eigenvalue weighted by atomic mass is 32.2. The lowest BCUT2D eigenvalue weighted by Gasteiger charge is -2.17. The number of carbonyl (C=O) groups is 1. The number of carbonyl (C=O) groups excluding carboxylic acids is 1. The van der Waals surface area contributed by atoms with Crippen molar-refractivity contribution < 1.29 is 35.9 Å². The molecule has 0 atom stereocenters. The summed E-state index contributed by atoms with van der Waals surface area (Å²) in [4.78, 5) is 10.3. The molecule has 0 aromatic heterocycles. The molecule has 1 aromatic carbocycles. The van der Waals surface area contributed by atoms with Gasteiger partial charge in [-0.25, -0.2) is 4.79 Å². The molecule has 3 nitrogen and oxygen atoms in total. The second-order valence-electron chi connectivity index (χ2n) is 3.74. The van der Waals surface area contributed by atoms with E-state index in [2.05, 4.69) is 4.74 Å². The quantitative estimate of drug-likeness (QED) is 0.465. The maximum absolute atomic E-state index is 12.9. The van der Waals surface area contributed by atoms with Crippen LogP contribution in [0, 0.1) is 11.3 Å². The Labute approximate surface area is 124 Å². The molecule has 0 aliphatic rings. The van der Waals surface area contributed by atoms with E-state index in [9.17, 15) is 31.1 Å². The number of nitriles is 1. The van der Waals surface area contributed by atoms with Crippen molar-refractivity contribution in [1.82, 2.24) is 0 Å². The van der Waals surface area contributed by atoms with Crippen LogP contribution in [0.15, 0.2) is 17.0 Å². The lowest BCUT2D eigenvalue weighted by atomic mass is 10.0. The SMILES string of the molecule is CCOC(=O)c1c(C#N)ccc(C(F)(F)F)c1SC(F)(F)F. The van der Waals surface area contributed by atoms with Gasteiger partial charge >= 0.3 is 17.7 Å². The molecule has 0 N–H and O–H groups in total. The minimum absolute atomic E-state index is 0.268. The van der Waals surface area contributed by atoms with Crippen LogP contribution in [0.2, 0.25) is 0 Å². The van der Waals surface area contributed by atoms with Gasteiger partial charge in [-0.1, -0.05) is 0 Å². The predicted octanol–water partition coefficient (Wildman–Crippen LogP) is 4.37. The van der Waals surface area contributed by atoms with Crippen molar-refractivity contribution in [2.24, 2.45) is 0 Å². The first kappa shape index (κ1) is 18.2. The molecule has 0 aliphatic carbocycles. The van der Waals surface area contributed by atoms with Gasteiger partial charge in [0.05, 0.1) is 23.3 Å². The molecule has 10 heteroatoms. The van der Waals surface area contributed by atoms with E-state index in [1.165, 1.54) is 13.0 Å². The summed E-state index contributed by atoms with van der Waals surface area (Å²) >= 11 is -1.11. The van der Waals surface area contributed by atoms with Crippen LogP contribution in [0.25, 0.3) is 0 Å². The first-order valence-corrected chi connectivity index (χ1v) is 6.40. The molecular formula is C12H7F6NO2S. The number of nitrogens with zero attached hydrogens (tertiary/aromatic N) is 1. The summed E-state index contributed by atoms with van der Waals surface area (Å²) in [5, 5.41) is 8.82. The normalized spacial score (nSPS) is 11.9. The van der Waals surface area contributed by atoms with Gasteiger partial charge in [-0.3, -0.25) is 0 Å². The van der Waals surface area contributed by atoms with Gasteiger partial charge in [-0.2, -0.15) is 31.6 Å². The average Bonchev–Trinajstić information content (AvgIpc) is 2.34. The Morgan fingerprint density at radius 3 is 2.27 bits per heavy atom. The van der Waals surface area contributed by atoms with E-state index in [1.807, 2.05) is 0 Å². The van der Waals surface area contributed by atoms with Crippen molar-refractivity contribution in [2.45, 2.75) is 23.5 Å². The molecule has 0 fully saturated rings. The third kappa shape index (κ3) is 4.30. The lowest BCUT2D eigenvalue weighted by molar-refractivity contribution is -0.139. The van der Waals surface area contributed by atoms with Crippen molar-refractivity contribution in [3.8, 4) is 6.07 Å². The van der Waals surface area contributed by atoms with Crippen molar-refractivity contribution in [1.29, 1.82) is 5.26 Å². The van der Waals surface area contributed by atoms with E-state index < -0.39 is 51.0 Å². The van der Waals surface area contributed by atoms with Gasteiger partial charge < -0.3 is 4.74 Å². The molecule has 0 radical (unpaired) electrons. The first-order chi connectivity index (χ1) is 10.0. The number of benzene rings is 1. The van der Waals surface area contributed by atoms with E-state index in [-0.39, 0.29) is 6.61 Å². The molecule has 22 heavy (non-hydrogen) atoms. The molecule has 0 heterocycles. The molecule has 0 spiro atoms. The van der Waals surface area contributed by atoms with Crippen molar-refractivity contribution in [3.05, 3.63) is 28.8 Å². The minimum Gasteiger partial charge on any atom is -0.462 e. The molecule has 0 saturated carbocycles. The van der Waals surface area contributed by atoms with Crippen LogP contribution in [0.5, 0.6) is 0 Å². The summed E-state index contributed by atoms with van der Waals surface area (Å²) in [5.74, 6) is -1.42. The fourth-order valence-corrected chi connectivity index (χ4v) is 2.35. The Morgan fingerprint density at radius 1 is 1.27 bits per heavy atom. The highest BCUT2D eigenvalue weighted by molar-refractivity contribution is 8.00. The van der Waals surface area contributed by atoms with Crippen LogP contribution in [0.3, 0.4) is 0 Å². The Kier molecular flexibility index (Phi) is 5.35. The largest absolute Gasteiger partial charge is 0.462 e. The standard InChI is InChI=1S/C12H7F6NO2S/c1-2-21-10(20)8-6(5-19)3-4-7(11(13,14)15)9(8)22-12(16,17)18/h3-4H,2H2,1H3. The lowest BCUT2D eigenvalue weighted by Crippen LogP contribution is -2.16. The van der Waals surface area contributed by atoms with E-state index in [1.54, 1.807) is 0 Å². The number of halogens is 6. The van der Waals surface area contributed by atoms with Crippen LogP contribution in [0.1, 0.15) is 28.4 Å². The minimum atomic E-state index is -5.12. The van der Waals surface area contributed by atoms with E-state index in [4.69, 9.17) is 5.26 Å². The maximum Gasteiger partial charge on any atom is 0.446 e. The Morgan fingerprint density at radius 2 is 1.86 bits per heavy atom. The second kappa shape index (κ2) is 6.48. The van der Waals surface area contributed by atoms with Gasteiger partial charge in [0, 0.05) is 4.90 Å². The number of hydrogen-bond acceptors (Lipinski definition) is 4. The summed E-state index contributed by atoms with van der Waals surface area (Å²) in [5.41, 5.74) is -8.40. The monoisotopic (exact) mass is 343 g/mol. The molecule has 0 saturated heterocycles. The topological polar surface area (TPSA) is 50.1 Å². The Bertz CT molecular complexity index is 618. The molecule has 0 aliphatic heterocycles. The van der Waals surface area contributed by atoms with Crippen molar-refractivity contribution >= 4 is 17.7 Å². The predicted molar refractivity (Wildman–Crippen MR) is 64.0 cm³/mol. The van der Waals surface area contributed by atoms with Gasteiger partial charge in [0.25, 0.3) is 0 Å². The molecule has 0 bridgehead atoms. The van der Waals surface area contributed by atoms with Crippen LogP contribution in [0.4, 0.5) is 26.3 Å². The summed E-state index contributed by atoms with van der Waals surface area (Å²) in [6.07, 6.45) is -5.12. The summed E-state index contributed by atoms with van der Waals surface area (Å²) in [6.45, 7) is 1.06. The fourth-order valence-electron chi connectivity index (χ4n) is 1.53. The zero-order valence-electron chi connectivity index (χ0n) is 10.8. The molecule has 1 aromatic rings. The number of ether oxygens (including phenoxy) is 1. The number of thioether (sulfide) groups is 1. The smallest absolute Gasteiger partial charge is 0.446 e. The summed E-state index contributed by atoms with van der Waals surface area (Å²) < 4.78 is 80.7. The highest BCUT2D eigenvalue weighted by Crippen LogP contribution is 2.46. The van der Waals surface area contributed by atoms with Crippen molar-refractivity contribution in [3.63, 3.8) is 0 Å². The number of hydrogen-bond donors (Lipinski definition) is 0.